The predicted octanol–water partition coefficient (Wildman–Crippen LogP) is 15.7. The molecule has 0 amide bonds. The summed E-state index contributed by atoms with van der Waals surface area (Å²) in [5.74, 6) is 0. The van der Waals surface area contributed by atoms with E-state index in [4.69, 9.17) is 0 Å². The summed E-state index contributed by atoms with van der Waals surface area (Å²) >= 11 is 0. The van der Waals surface area contributed by atoms with E-state index in [1.165, 1.54) is 0 Å². The highest BCUT2D eigenvalue weighted by Gasteiger charge is 2.38. The first-order chi connectivity index (χ1) is 29.2. The van der Waals surface area contributed by atoms with Gasteiger partial charge in [-0.15, -0.1) is 0 Å². The molecule has 0 atom stereocenters. The monoisotopic (exact) mass is 833 g/mol. The molecule has 0 saturated carbocycles. The van der Waals surface area contributed by atoms with Crippen LogP contribution in [-0.2, 0) is 23.2 Å². The Bertz CT molecular complexity index is 3300. The zero-order valence-electron chi connectivity index (χ0n) is 34.9. The molecule has 62 heavy (non-hydrogen) atoms. The van der Waals surface area contributed by atoms with Crippen LogP contribution in [0.15, 0.2) is 140 Å². The van der Waals surface area contributed by atoms with Gasteiger partial charge in [-0.1, -0.05) is 108 Å². The van der Waals surface area contributed by atoms with Crippen molar-refractivity contribution in [3.8, 4) is 39.7 Å². The summed E-state index contributed by atoms with van der Waals surface area (Å²) in [5.41, 5.74) is 5.00. The van der Waals surface area contributed by atoms with E-state index in [2.05, 4.69) is 93.1 Å². The standard InChI is InChI=1S/C53H41F6N3/c1-50(2,3)33-18-23-47-41(27-33)37-11-7-9-13-44(37)61(47)46-22-16-32(36-21-17-35(52(54,55)56)29-43(36)53(57,58)59)26-40(46)39-20-15-31(30-60)25-49(39)62-45-14-10-8-12-38(45)42-28-34(51(4,5)6)19-24-48(42)62/h7-29H,1-6H3. The van der Waals surface area contributed by atoms with Gasteiger partial charge in [0.05, 0.1) is 56.2 Å². The normalized spacial score (nSPS) is 12.8. The second kappa shape index (κ2) is 14.1. The first-order valence-corrected chi connectivity index (χ1v) is 20.3. The number of nitrogens with zero attached hydrogens (tertiary/aromatic N) is 3. The molecule has 0 fully saturated rings. The van der Waals surface area contributed by atoms with Crippen molar-refractivity contribution in [2.75, 3.05) is 0 Å². The molecule has 9 heteroatoms. The van der Waals surface area contributed by atoms with E-state index in [-0.39, 0.29) is 22.5 Å². The molecule has 0 saturated heterocycles. The van der Waals surface area contributed by atoms with Gasteiger partial charge in [-0.3, -0.25) is 0 Å². The maximum Gasteiger partial charge on any atom is 0.417 e. The Morgan fingerprint density at radius 3 is 1.44 bits per heavy atom. The molecule has 0 aliphatic heterocycles. The minimum Gasteiger partial charge on any atom is -0.309 e. The SMILES string of the molecule is CC(C)(C)c1ccc2c(c1)c1ccccc1n2-c1ccc(-c2ccc(C(F)(F)F)cc2C(F)(F)F)cc1-c1ccc(C#N)cc1-n1c2ccccc2c2cc(C(C)(C)C)ccc21. The molecule has 310 valence electrons. The largest absolute Gasteiger partial charge is 0.417 e. The van der Waals surface area contributed by atoms with Crippen molar-refractivity contribution >= 4 is 43.6 Å². The molecule has 0 aliphatic carbocycles. The number of alkyl halides is 6. The quantitative estimate of drug-likeness (QED) is 0.163. The fraction of sp³-hybridized carbons (Fsp3) is 0.189. The van der Waals surface area contributed by atoms with Gasteiger partial charge in [-0.2, -0.15) is 31.6 Å². The lowest BCUT2D eigenvalue weighted by Crippen LogP contribution is -2.12. The van der Waals surface area contributed by atoms with Crippen molar-refractivity contribution in [1.29, 1.82) is 5.26 Å². The third kappa shape index (κ3) is 6.78. The molecule has 9 rings (SSSR count). The third-order valence-corrected chi connectivity index (χ3v) is 11.9. The number of hydrogen-bond acceptors (Lipinski definition) is 1. The zero-order valence-corrected chi connectivity index (χ0v) is 34.9. The second-order valence-corrected chi connectivity index (χ2v) is 18.0. The lowest BCUT2D eigenvalue weighted by molar-refractivity contribution is -0.142. The average molecular weight is 834 g/mol. The molecule has 0 aliphatic rings. The summed E-state index contributed by atoms with van der Waals surface area (Å²) < 4.78 is 90.3. The summed E-state index contributed by atoms with van der Waals surface area (Å²) in [6.45, 7) is 12.9. The van der Waals surface area contributed by atoms with Crippen molar-refractivity contribution in [1.82, 2.24) is 9.13 Å². The summed E-state index contributed by atoms with van der Waals surface area (Å²) in [6.07, 6.45) is -10.1. The van der Waals surface area contributed by atoms with E-state index in [9.17, 15) is 31.6 Å². The van der Waals surface area contributed by atoms with Gasteiger partial charge in [0.1, 0.15) is 0 Å². The number of benzene rings is 7. The molecular weight excluding hydrogens is 793 g/mol. The average Bonchev–Trinajstić information content (AvgIpc) is 3.74. The number of halogens is 6. The minimum atomic E-state index is -5.10. The molecule has 0 spiro atoms. The maximum absolute atomic E-state index is 14.8. The molecular formula is C53H41F6N3. The van der Waals surface area contributed by atoms with Crippen molar-refractivity contribution in [3.05, 3.63) is 167 Å². The third-order valence-electron chi connectivity index (χ3n) is 11.9. The molecule has 2 heterocycles. The highest BCUT2D eigenvalue weighted by Crippen LogP contribution is 2.46. The molecule has 2 aromatic heterocycles. The fourth-order valence-electron chi connectivity index (χ4n) is 8.73. The number of aromatic nitrogens is 2. The van der Waals surface area contributed by atoms with Crippen molar-refractivity contribution < 1.29 is 26.3 Å². The van der Waals surface area contributed by atoms with Crippen LogP contribution in [0.25, 0.3) is 77.2 Å². The number of hydrogen-bond donors (Lipinski definition) is 0. The van der Waals surface area contributed by atoms with Gasteiger partial charge in [-0.05, 0) is 106 Å². The van der Waals surface area contributed by atoms with Gasteiger partial charge in [0, 0.05) is 32.7 Å². The van der Waals surface area contributed by atoms with Crippen LogP contribution in [0.3, 0.4) is 0 Å². The van der Waals surface area contributed by atoms with Gasteiger partial charge < -0.3 is 9.13 Å². The number of nitriles is 1. The van der Waals surface area contributed by atoms with Gasteiger partial charge >= 0.3 is 12.4 Å². The van der Waals surface area contributed by atoms with Gasteiger partial charge in [0.15, 0.2) is 0 Å². The smallest absolute Gasteiger partial charge is 0.309 e. The van der Waals surface area contributed by atoms with Crippen LogP contribution in [0.4, 0.5) is 26.3 Å². The Morgan fingerprint density at radius 2 is 0.919 bits per heavy atom. The first-order valence-electron chi connectivity index (χ1n) is 20.3. The Balaban J connectivity index is 1.42. The minimum absolute atomic E-state index is 0.0768. The van der Waals surface area contributed by atoms with Crippen LogP contribution < -0.4 is 0 Å². The van der Waals surface area contributed by atoms with E-state index in [1.807, 2.05) is 54.6 Å². The summed E-state index contributed by atoms with van der Waals surface area (Å²) in [6, 6.07) is 42.8. The van der Waals surface area contributed by atoms with Crippen LogP contribution in [0.2, 0.25) is 0 Å². The number of fused-ring (bicyclic) bond motifs is 6. The number of rotatable bonds is 4. The van der Waals surface area contributed by atoms with Crippen LogP contribution in [-0.4, -0.2) is 9.13 Å². The highest BCUT2D eigenvalue weighted by atomic mass is 19.4. The summed E-state index contributed by atoms with van der Waals surface area (Å²) in [7, 11) is 0. The van der Waals surface area contributed by atoms with Gasteiger partial charge in [-0.25, -0.2) is 0 Å². The lowest BCUT2D eigenvalue weighted by Gasteiger charge is -2.22. The van der Waals surface area contributed by atoms with Crippen LogP contribution in [0.5, 0.6) is 0 Å². The van der Waals surface area contributed by atoms with Crippen molar-refractivity contribution in [2.45, 2.75) is 64.7 Å². The second-order valence-electron chi connectivity index (χ2n) is 18.0. The topological polar surface area (TPSA) is 33.6 Å². The van der Waals surface area contributed by atoms with Crippen LogP contribution in [0.1, 0.15) is 69.4 Å². The first kappa shape index (κ1) is 40.6. The van der Waals surface area contributed by atoms with Crippen molar-refractivity contribution in [2.24, 2.45) is 0 Å². The Hall–Kier alpha value is -6.79. The molecule has 7 aromatic carbocycles. The van der Waals surface area contributed by atoms with Gasteiger partial charge in [0.2, 0.25) is 0 Å². The maximum atomic E-state index is 14.8. The van der Waals surface area contributed by atoms with E-state index >= 15 is 0 Å². The van der Waals surface area contributed by atoms with Crippen LogP contribution >= 0.6 is 0 Å². The van der Waals surface area contributed by atoms with E-state index in [0.29, 0.717) is 34.1 Å². The lowest BCUT2D eigenvalue weighted by atomic mass is 9.86. The summed E-state index contributed by atoms with van der Waals surface area (Å²) in [4.78, 5) is 0. The molecule has 0 unspecified atom stereocenters. The van der Waals surface area contributed by atoms with Gasteiger partial charge in [0.25, 0.3) is 0 Å². The predicted molar refractivity (Wildman–Crippen MR) is 238 cm³/mol. The molecule has 3 nitrogen and oxygen atoms in total. The van der Waals surface area contributed by atoms with E-state index < -0.39 is 29.0 Å². The molecule has 9 aromatic rings. The summed E-state index contributed by atoms with van der Waals surface area (Å²) in [5, 5.41) is 14.3. The fourth-order valence-corrected chi connectivity index (χ4v) is 8.73. The zero-order chi connectivity index (χ0) is 44.1. The Morgan fingerprint density at radius 1 is 0.419 bits per heavy atom. The molecule has 0 radical (unpaired) electrons. The highest BCUT2D eigenvalue weighted by molar-refractivity contribution is 6.12. The van der Waals surface area contributed by atoms with E-state index in [1.54, 1.807) is 30.3 Å². The van der Waals surface area contributed by atoms with Crippen molar-refractivity contribution in [3.63, 3.8) is 0 Å². The van der Waals surface area contributed by atoms with Crippen LogP contribution in [0, 0.1) is 11.3 Å². The Kier molecular flexibility index (Phi) is 9.26. The molecule has 0 N–H and O–H groups in total. The molecule has 0 bridgehead atoms. The van der Waals surface area contributed by atoms with E-state index in [0.717, 1.165) is 60.8 Å². The number of para-hydroxylation sites is 2. The Labute approximate surface area is 355 Å².